The second-order valence-electron chi connectivity index (χ2n) is 9.31. The summed E-state index contributed by atoms with van der Waals surface area (Å²) in [5, 5.41) is 17.3. The van der Waals surface area contributed by atoms with Crippen LogP contribution in [0.25, 0.3) is 0 Å². The van der Waals surface area contributed by atoms with Crippen LogP contribution in [0.4, 0.5) is 32.0 Å². The van der Waals surface area contributed by atoms with Gasteiger partial charge in [-0.15, -0.1) is 0 Å². The molecular weight excluding hydrogens is 528 g/mol. The summed E-state index contributed by atoms with van der Waals surface area (Å²) in [4.78, 5) is 37.4. The zero-order valence-electron chi connectivity index (χ0n) is 20.4. The molecule has 2 saturated heterocycles. The van der Waals surface area contributed by atoms with Gasteiger partial charge in [0.15, 0.2) is 0 Å². The molecule has 3 heterocycles. The van der Waals surface area contributed by atoms with Gasteiger partial charge in [0.25, 0.3) is 0 Å². The summed E-state index contributed by atoms with van der Waals surface area (Å²) in [5.74, 6) is -3.65. The number of aromatic nitrogens is 1. The largest absolute Gasteiger partial charge is 0.490 e. The molecule has 4 rings (SSSR count). The number of amides is 1. The average Bonchev–Trinajstić information content (AvgIpc) is 3.20. The van der Waals surface area contributed by atoms with Gasteiger partial charge in [-0.2, -0.15) is 26.3 Å². The van der Waals surface area contributed by atoms with E-state index >= 15 is 0 Å². The van der Waals surface area contributed by atoms with Crippen LogP contribution in [0.3, 0.4) is 0 Å². The fraction of sp³-hybridized carbons (Fsp3) is 0.652. The van der Waals surface area contributed by atoms with Crippen molar-refractivity contribution >= 4 is 23.5 Å². The molecule has 1 amide bonds. The van der Waals surface area contributed by atoms with Crippen molar-refractivity contribution in [3.63, 3.8) is 0 Å². The number of alkyl halides is 6. The molecule has 1 aromatic rings. The van der Waals surface area contributed by atoms with E-state index in [0.717, 1.165) is 37.0 Å². The predicted octanol–water partition coefficient (Wildman–Crippen LogP) is 3.59. The number of aryl methyl sites for hydroxylation is 1. The van der Waals surface area contributed by atoms with E-state index in [0.29, 0.717) is 18.4 Å². The molecule has 0 spiro atoms. The molecule has 1 saturated carbocycles. The lowest BCUT2D eigenvalue weighted by atomic mass is 9.82. The Kier molecular flexibility index (Phi) is 10.9. The highest BCUT2D eigenvalue weighted by Crippen LogP contribution is 2.37. The number of aliphatic carboxylic acids is 2. The molecular formula is C23H29F6N3O6. The van der Waals surface area contributed by atoms with Crippen LogP contribution in [-0.4, -0.2) is 83.1 Å². The minimum Gasteiger partial charge on any atom is -0.475 e. The summed E-state index contributed by atoms with van der Waals surface area (Å²) in [6.07, 6.45) is -4.26. The number of carbonyl (C=O) groups is 3. The molecule has 0 aromatic carbocycles. The van der Waals surface area contributed by atoms with Crippen molar-refractivity contribution in [2.24, 2.45) is 23.7 Å². The van der Waals surface area contributed by atoms with Crippen molar-refractivity contribution in [1.82, 2.24) is 9.88 Å². The van der Waals surface area contributed by atoms with Crippen molar-refractivity contribution in [1.29, 1.82) is 0 Å². The molecule has 3 aliphatic rings. The molecule has 3 N–H and O–H groups in total. The second-order valence-corrected chi connectivity index (χ2v) is 9.31. The highest BCUT2D eigenvalue weighted by molar-refractivity contribution is 5.93. The molecule has 3 fully saturated rings. The number of carboxylic acid groups (broad SMARTS) is 2. The number of ether oxygens (including phenoxy) is 1. The Balaban J connectivity index is 0.000000301. The van der Waals surface area contributed by atoms with Gasteiger partial charge >= 0.3 is 24.3 Å². The Labute approximate surface area is 214 Å². The second kappa shape index (κ2) is 13.2. The van der Waals surface area contributed by atoms with E-state index in [2.05, 4.69) is 15.2 Å². The normalized spacial score (nSPS) is 23.5. The molecule has 38 heavy (non-hydrogen) atoms. The Morgan fingerprint density at radius 3 is 2.11 bits per heavy atom. The van der Waals surface area contributed by atoms with Crippen LogP contribution >= 0.6 is 0 Å². The average molecular weight is 557 g/mol. The quantitative estimate of drug-likeness (QED) is 0.480. The molecule has 2 aliphatic heterocycles. The number of halogens is 6. The monoisotopic (exact) mass is 557 g/mol. The van der Waals surface area contributed by atoms with Gasteiger partial charge in [-0.25, -0.2) is 9.59 Å². The lowest BCUT2D eigenvalue weighted by molar-refractivity contribution is -0.193. The first kappa shape index (κ1) is 31.3. The maximum Gasteiger partial charge on any atom is 0.490 e. The van der Waals surface area contributed by atoms with Crippen LogP contribution < -0.4 is 5.32 Å². The lowest BCUT2D eigenvalue weighted by Gasteiger charge is -2.32. The molecule has 0 radical (unpaired) electrons. The van der Waals surface area contributed by atoms with Crippen LogP contribution in [0.2, 0.25) is 0 Å². The summed E-state index contributed by atoms with van der Waals surface area (Å²) in [5.41, 5.74) is 1.67. The number of pyridine rings is 1. The van der Waals surface area contributed by atoms with Crippen LogP contribution in [-0.2, 0) is 19.1 Å². The highest BCUT2D eigenvalue weighted by atomic mass is 19.4. The summed E-state index contributed by atoms with van der Waals surface area (Å²) < 4.78 is 69.2. The Morgan fingerprint density at radius 2 is 1.63 bits per heavy atom. The van der Waals surface area contributed by atoms with E-state index in [4.69, 9.17) is 24.5 Å². The molecule has 15 heteroatoms. The van der Waals surface area contributed by atoms with E-state index in [1.54, 1.807) is 6.20 Å². The standard InChI is InChI=1S/C19H27N3O2.2C2HF3O2/c1-13-18(6-3-7-20-13)21-19(23)17-12-24-11-15-9-22(10-16(15)17)8-14-4-2-5-14;2*3-2(4,5)1(6)7/h3,6-7,14-17H,2,4-5,8-12H2,1H3,(H,21,23);2*(H,6,7)/t15-,16-,17-;;/m1../s1. The maximum absolute atomic E-state index is 12.8. The Morgan fingerprint density at radius 1 is 1.05 bits per heavy atom. The van der Waals surface area contributed by atoms with Crippen molar-refractivity contribution in [2.45, 2.75) is 38.5 Å². The van der Waals surface area contributed by atoms with E-state index in [1.165, 1.54) is 25.8 Å². The van der Waals surface area contributed by atoms with Crippen molar-refractivity contribution < 1.29 is 55.7 Å². The Bertz CT molecular complexity index is 946. The highest BCUT2D eigenvalue weighted by Gasteiger charge is 2.44. The van der Waals surface area contributed by atoms with Crippen LogP contribution in [0.5, 0.6) is 0 Å². The minimum absolute atomic E-state index is 0.0465. The number of nitrogens with zero attached hydrogens (tertiary/aromatic N) is 2. The first-order valence-electron chi connectivity index (χ1n) is 11.7. The fourth-order valence-electron chi connectivity index (χ4n) is 4.39. The zero-order chi connectivity index (χ0) is 28.7. The molecule has 0 bridgehead atoms. The molecule has 214 valence electrons. The first-order valence-corrected chi connectivity index (χ1v) is 11.7. The van der Waals surface area contributed by atoms with Crippen LogP contribution in [0, 0.1) is 30.6 Å². The smallest absolute Gasteiger partial charge is 0.475 e. The first-order chi connectivity index (χ1) is 17.6. The SMILES string of the molecule is Cc1ncccc1NC(=O)[C@@H]1COC[C@H]2CN(CC3CCC3)C[C@H]21.O=C(O)C(F)(F)F.O=C(O)C(F)(F)F. The predicted molar refractivity (Wildman–Crippen MR) is 120 cm³/mol. The van der Waals surface area contributed by atoms with Gasteiger partial charge in [0.2, 0.25) is 5.91 Å². The third kappa shape index (κ3) is 9.42. The van der Waals surface area contributed by atoms with Gasteiger partial charge in [0.05, 0.1) is 30.5 Å². The van der Waals surface area contributed by atoms with Crippen molar-refractivity contribution in [2.75, 3.05) is 38.2 Å². The summed E-state index contributed by atoms with van der Waals surface area (Å²) in [6.45, 7) is 6.63. The van der Waals surface area contributed by atoms with Crippen molar-refractivity contribution in [3.05, 3.63) is 24.0 Å². The summed E-state index contributed by atoms with van der Waals surface area (Å²) in [7, 11) is 0. The summed E-state index contributed by atoms with van der Waals surface area (Å²) >= 11 is 0. The van der Waals surface area contributed by atoms with E-state index in [-0.39, 0.29) is 11.8 Å². The summed E-state index contributed by atoms with van der Waals surface area (Å²) in [6, 6.07) is 3.78. The lowest BCUT2D eigenvalue weighted by Crippen LogP contribution is -2.42. The number of hydrogen-bond donors (Lipinski definition) is 3. The number of anilines is 1. The minimum atomic E-state index is -5.08. The fourth-order valence-corrected chi connectivity index (χ4v) is 4.39. The number of nitrogens with one attached hydrogen (secondary N) is 1. The third-order valence-electron chi connectivity index (χ3n) is 6.54. The number of carbonyl (C=O) groups excluding carboxylic acids is 1. The van der Waals surface area contributed by atoms with Crippen molar-refractivity contribution in [3.8, 4) is 0 Å². The van der Waals surface area contributed by atoms with Crippen LogP contribution in [0.1, 0.15) is 25.0 Å². The number of hydrogen-bond acceptors (Lipinski definition) is 6. The molecule has 1 aliphatic carbocycles. The maximum atomic E-state index is 12.8. The van der Waals surface area contributed by atoms with Gasteiger partial charge in [0.1, 0.15) is 0 Å². The van der Waals surface area contributed by atoms with Gasteiger partial charge < -0.3 is 25.2 Å². The van der Waals surface area contributed by atoms with E-state index in [9.17, 15) is 31.1 Å². The van der Waals surface area contributed by atoms with Gasteiger partial charge in [-0.1, -0.05) is 6.42 Å². The topological polar surface area (TPSA) is 129 Å². The molecule has 3 atom stereocenters. The van der Waals surface area contributed by atoms with Crippen LogP contribution in [0.15, 0.2) is 18.3 Å². The van der Waals surface area contributed by atoms with E-state index in [1.807, 2.05) is 19.1 Å². The molecule has 9 nitrogen and oxygen atoms in total. The van der Waals surface area contributed by atoms with Gasteiger partial charge in [0, 0.05) is 25.8 Å². The van der Waals surface area contributed by atoms with E-state index < -0.39 is 24.3 Å². The Hall–Kier alpha value is -2.94. The molecule has 1 aromatic heterocycles. The number of carboxylic acids is 2. The number of rotatable bonds is 4. The number of fused-ring (bicyclic) bond motifs is 1. The number of likely N-dealkylation sites (tertiary alicyclic amines) is 1. The third-order valence-corrected chi connectivity index (χ3v) is 6.54. The molecule has 0 unspecified atom stereocenters. The van der Waals surface area contributed by atoms with Gasteiger partial charge in [-0.3, -0.25) is 9.78 Å². The van der Waals surface area contributed by atoms with Gasteiger partial charge in [-0.05, 0) is 49.7 Å². The zero-order valence-corrected chi connectivity index (χ0v) is 20.4.